The van der Waals surface area contributed by atoms with Gasteiger partial charge in [-0.1, -0.05) is 15.9 Å². The molecule has 20 heavy (non-hydrogen) atoms. The largest absolute Gasteiger partial charge is 0.497 e. The van der Waals surface area contributed by atoms with Crippen molar-refractivity contribution >= 4 is 21.6 Å². The number of hydrogen-bond acceptors (Lipinski definition) is 4. The fourth-order valence-corrected chi connectivity index (χ4v) is 2.37. The zero-order valence-electron chi connectivity index (χ0n) is 11.3. The van der Waals surface area contributed by atoms with Gasteiger partial charge >= 0.3 is 0 Å². The van der Waals surface area contributed by atoms with Gasteiger partial charge in [-0.25, -0.2) is 0 Å². The fourth-order valence-electron chi connectivity index (χ4n) is 1.99. The molecule has 0 aliphatic rings. The van der Waals surface area contributed by atoms with Crippen molar-refractivity contribution in [2.24, 2.45) is 0 Å². The highest BCUT2D eigenvalue weighted by atomic mass is 79.9. The topological polar surface area (TPSA) is 64.7 Å². The van der Waals surface area contributed by atoms with Gasteiger partial charge in [-0.2, -0.15) is 0 Å². The predicted molar refractivity (Wildman–Crippen MR) is 82.2 cm³/mol. The molecule has 4 nitrogen and oxygen atoms in total. The number of benzene rings is 2. The van der Waals surface area contributed by atoms with Gasteiger partial charge in [0, 0.05) is 27.4 Å². The smallest absolute Gasteiger partial charge is 0.128 e. The van der Waals surface area contributed by atoms with Crippen molar-refractivity contribution in [3.8, 4) is 11.5 Å². The number of nitrogen functional groups attached to an aromatic ring is 1. The lowest BCUT2D eigenvalue weighted by Gasteiger charge is -2.18. The molecule has 0 amide bonds. The number of ether oxygens (including phenoxy) is 2. The molecule has 0 saturated heterocycles. The SMILES string of the molecule is COc1ccc(C(O)c2cc(Br)ccc2N)c(OC)c1. The maximum atomic E-state index is 10.6. The van der Waals surface area contributed by atoms with Crippen LogP contribution in [0.15, 0.2) is 40.9 Å². The van der Waals surface area contributed by atoms with Crippen LogP contribution in [0.5, 0.6) is 11.5 Å². The Kier molecular flexibility index (Phi) is 4.52. The van der Waals surface area contributed by atoms with Gasteiger partial charge in [0.15, 0.2) is 0 Å². The van der Waals surface area contributed by atoms with E-state index in [0.717, 1.165) is 4.47 Å². The Labute approximate surface area is 126 Å². The third-order valence-electron chi connectivity index (χ3n) is 3.08. The van der Waals surface area contributed by atoms with E-state index < -0.39 is 6.10 Å². The van der Waals surface area contributed by atoms with Crippen LogP contribution in [0, 0.1) is 0 Å². The summed E-state index contributed by atoms with van der Waals surface area (Å²) in [7, 11) is 3.13. The molecule has 0 radical (unpaired) electrons. The second kappa shape index (κ2) is 6.15. The van der Waals surface area contributed by atoms with Crippen LogP contribution in [0.25, 0.3) is 0 Å². The van der Waals surface area contributed by atoms with Crippen molar-refractivity contribution in [2.45, 2.75) is 6.10 Å². The molecule has 0 aliphatic carbocycles. The third-order valence-corrected chi connectivity index (χ3v) is 3.57. The van der Waals surface area contributed by atoms with E-state index in [0.29, 0.717) is 28.3 Å². The van der Waals surface area contributed by atoms with Crippen molar-refractivity contribution in [1.29, 1.82) is 0 Å². The maximum absolute atomic E-state index is 10.6. The molecule has 1 unspecified atom stereocenters. The lowest BCUT2D eigenvalue weighted by Crippen LogP contribution is -2.06. The molecule has 2 aromatic rings. The maximum Gasteiger partial charge on any atom is 0.128 e. The Morgan fingerprint density at radius 3 is 2.45 bits per heavy atom. The van der Waals surface area contributed by atoms with E-state index in [1.165, 1.54) is 0 Å². The van der Waals surface area contributed by atoms with Crippen molar-refractivity contribution in [2.75, 3.05) is 20.0 Å². The van der Waals surface area contributed by atoms with Crippen LogP contribution in [0.1, 0.15) is 17.2 Å². The number of nitrogens with two attached hydrogens (primary N) is 1. The summed E-state index contributed by atoms with van der Waals surface area (Å²) in [6.45, 7) is 0. The fraction of sp³-hybridized carbons (Fsp3) is 0.200. The molecule has 0 aromatic heterocycles. The quantitative estimate of drug-likeness (QED) is 0.841. The average molecular weight is 338 g/mol. The van der Waals surface area contributed by atoms with E-state index >= 15 is 0 Å². The number of halogens is 1. The Hall–Kier alpha value is -1.72. The van der Waals surface area contributed by atoms with E-state index in [-0.39, 0.29) is 0 Å². The summed E-state index contributed by atoms with van der Waals surface area (Å²) in [5, 5.41) is 10.6. The number of hydrogen-bond donors (Lipinski definition) is 2. The first-order valence-electron chi connectivity index (χ1n) is 6.01. The highest BCUT2D eigenvalue weighted by molar-refractivity contribution is 9.10. The first-order valence-corrected chi connectivity index (χ1v) is 6.81. The van der Waals surface area contributed by atoms with Gasteiger partial charge in [0.25, 0.3) is 0 Å². The van der Waals surface area contributed by atoms with E-state index in [2.05, 4.69) is 15.9 Å². The summed E-state index contributed by atoms with van der Waals surface area (Å²) in [5.41, 5.74) is 7.72. The minimum Gasteiger partial charge on any atom is -0.497 e. The molecule has 0 saturated carbocycles. The molecular weight excluding hydrogens is 322 g/mol. The molecule has 2 rings (SSSR count). The van der Waals surface area contributed by atoms with Crippen LogP contribution in [-0.4, -0.2) is 19.3 Å². The minimum absolute atomic E-state index is 0.526. The molecule has 0 bridgehead atoms. The number of anilines is 1. The molecule has 0 heterocycles. The Morgan fingerprint density at radius 1 is 1.05 bits per heavy atom. The van der Waals surface area contributed by atoms with Crippen LogP contribution in [0.4, 0.5) is 5.69 Å². The molecule has 106 valence electrons. The highest BCUT2D eigenvalue weighted by Gasteiger charge is 2.18. The van der Waals surface area contributed by atoms with E-state index in [4.69, 9.17) is 15.2 Å². The number of methoxy groups -OCH3 is 2. The molecule has 0 fully saturated rings. The van der Waals surface area contributed by atoms with Crippen LogP contribution in [0.3, 0.4) is 0 Å². The molecule has 5 heteroatoms. The molecule has 0 spiro atoms. The lowest BCUT2D eigenvalue weighted by molar-refractivity contribution is 0.215. The zero-order chi connectivity index (χ0) is 14.7. The summed E-state index contributed by atoms with van der Waals surface area (Å²) in [6, 6.07) is 10.6. The van der Waals surface area contributed by atoms with Gasteiger partial charge in [0.05, 0.1) is 14.2 Å². The average Bonchev–Trinajstić information content (AvgIpc) is 2.48. The van der Waals surface area contributed by atoms with Crippen molar-refractivity contribution in [1.82, 2.24) is 0 Å². The second-order valence-corrected chi connectivity index (χ2v) is 5.20. The first-order chi connectivity index (χ1) is 9.56. The number of aliphatic hydroxyl groups is 1. The van der Waals surface area contributed by atoms with Crippen molar-refractivity contribution < 1.29 is 14.6 Å². The molecule has 1 atom stereocenters. The summed E-state index contributed by atoms with van der Waals surface area (Å²) in [5.74, 6) is 1.22. The lowest BCUT2D eigenvalue weighted by atomic mass is 9.99. The Bertz CT molecular complexity index is 616. The summed E-state index contributed by atoms with van der Waals surface area (Å²) >= 11 is 3.38. The number of rotatable bonds is 4. The van der Waals surface area contributed by atoms with Crippen LogP contribution in [-0.2, 0) is 0 Å². The summed E-state index contributed by atoms with van der Waals surface area (Å²) in [6.07, 6.45) is -0.867. The molecule has 0 aliphatic heterocycles. The van der Waals surface area contributed by atoms with Gasteiger partial charge in [-0.05, 0) is 30.3 Å². The van der Waals surface area contributed by atoms with Gasteiger partial charge in [-0.3, -0.25) is 0 Å². The zero-order valence-corrected chi connectivity index (χ0v) is 12.8. The van der Waals surface area contributed by atoms with Crippen LogP contribution >= 0.6 is 15.9 Å². The number of aliphatic hydroxyl groups excluding tert-OH is 1. The third kappa shape index (κ3) is 2.89. The van der Waals surface area contributed by atoms with Crippen molar-refractivity contribution in [3.05, 3.63) is 52.0 Å². The van der Waals surface area contributed by atoms with E-state index in [1.54, 1.807) is 44.6 Å². The second-order valence-electron chi connectivity index (χ2n) is 4.28. The van der Waals surface area contributed by atoms with Crippen molar-refractivity contribution in [3.63, 3.8) is 0 Å². The predicted octanol–water partition coefficient (Wildman–Crippen LogP) is 3.13. The highest BCUT2D eigenvalue weighted by Crippen LogP contribution is 2.35. The van der Waals surface area contributed by atoms with Gasteiger partial charge in [-0.15, -0.1) is 0 Å². The Balaban J connectivity index is 2.47. The van der Waals surface area contributed by atoms with Gasteiger partial charge in [0.2, 0.25) is 0 Å². The normalized spacial score (nSPS) is 12.0. The van der Waals surface area contributed by atoms with Crippen LogP contribution < -0.4 is 15.2 Å². The Morgan fingerprint density at radius 2 is 1.80 bits per heavy atom. The standard InChI is InChI=1S/C15H16BrNO3/c1-19-10-4-5-11(14(8-10)20-2)15(18)12-7-9(16)3-6-13(12)17/h3-8,15,18H,17H2,1-2H3. The van der Waals surface area contributed by atoms with Crippen LogP contribution in [0.2, 0.25) is 0 Å². The molecule has 2 aromatic carbocycles. The summed E-state index contributed by atoms with van der Waals surface area (Å²) in [4.78, 5) is 0. The van der Waals surface area contributed by atoms with Gasteiger partial charge < -0.3 is 20.3 Å². The van der Waals surface area contributed by atoms with E-state index in [1.807, 2.05) is 6.07 Å². The first kappa shape index (κ1) is 14.7. The molecular formula is C15H16BrNO3. The molecule has 3 N–H and O–H groups in total. The monoisotopic (exact) mass is 337 g/mol. The summed E-state index contributed by atoms with van der Waals surface area (Å²) < 4.78 is 11.3. The van der Waals surface area contributed by atoms with Gasteiger partial charge in [0.1, 0.15) is 17.6 Å². The van der Waals surface area contributed by atoms with E-state index in [9.17, 15) is 5.11 Å². The minimum atomic E-state index is -0.867.